The van der Waals surface area contributed by atoms with Gasteiger partial charge >= 0.3 is 11.9 Å². The second-order valence-corrected chi connectivity index (χ2v) is 7.26. The van der Waals surface area contributed by atoms with E-state index in [0.29, 0.717) is 31.0 Å². The fourth-order valence-electron chi connectivity index (χ4n) is 2.92. The predicted molar refractivity (Wildman–Crippen MR) is 116 cm³/mol. The summed E-state index contributed by atoms with van der Waals surface area (Å²) in [4.78, 5) is 37.5. The number of aromatic nitrogens is 2. The van der Waals surface area contributed by atoms with Crippen molar-refractivity contribution in [3.63, 3.8) is 0 Å². The summed E-state index contributed by atoms with van der Waals surface area (Å²) in [6, 6.07) is 4.71. The van der Waals surface area contributed by atoms with Gasteiger partial charge in [-0.2, -0.15) is 0 Å². The molecule has 33 heavy (non-hydrogen) atoms. The maximum atomic E-state index is 14.9. The van der Waals surface area contributed by atoms with Crippen LogP contribution >= 0.6 is 0 Å². The van der Waals surface area contributed by atoms with Crippen LogP contribution in [0.3, 0.4) is 0 Å². The second-order valence-electron chi connectivity index (χ2n) is 7.26. The Hall–Kier alpha value is -4.09. The summed E-state index contributed by atoms with van der Waals surface area (Å²) in [5.74, 6) is -2.00. The lowest BCUT2D eigenvalue weighted by Gasteiger charge is -2.31. The number of carbonyl (C=O) groups is 2. The van der Waals surface area contributed by atoms with Crippen molar-refractivity contribution in [1.29, 1.82) is 5.41 Å². The number of anilines is 1. The molecule has 1 aliphatic heterocycles. The van der Waals surface area contributed by atoms with E-state index in [1.54, 1.807) is 12.1 Å². The minimum atomic E-state index is -0.874. The Morgan fingerprint density at radius 1 is 1.27 bits per heavy atom. The average Bonchev–Trinajstić information content (AvgIpc) is 2.74. The van der Waals surface area contributed by atoms with E-state index in [9.17, 15) is 14.0 Å². The summed E-state index contributed by atoms with van der Waals surface area (Å²) in [5, 5.41) is 19.6. The Labute approximate surface area is 188 Å². The zero-order chi connectivity index (χ0) is 23.8. The Morgan fingerprint density at radius 3 is 2.67 bits per heavy atom. The molecule has 0 aliphatic carbocycles. The lowest BCUT2D eigenvalue weighted by atomic mass is 10.1. The van der Waals surface area contributed by atoms with Crippen LogP contribution in [0.1, 0.15) is 24.8 Å². The first kappa shape index (κ1) is 23.6. The number of halogens is 1. The third-order valence-electron chi connectivity index (χ3n) is 4.60. The maximum absolute atomic E-state index is 14.9. The molecule has 174 valence electrons. The van der Waals surface area contributed by atoms with Gasteiger partial charge in [0.2, 0.25) is 5.95 Å². The minimum Gasteiger partial charge on any atom is -0.481 e. The number of hydrogen-bond donors (Lipinski definition) is 3. The first-order valence-corrected chi connectivity index (χ1v) is 10.1. The van der Waals surface area contributed by atoms with E-state index in [4.69, 9.17) is 25.8 Å². The van der Waals surface area contributed by atoms with Crippen molar-refractivity contribution in [3.05, 3.63) is 42.0 Å². The maximum Gasteiger partial charge on any atom is 0.313 e. The number of benzene rings is 1. The number of carboxylic acid groups (broad SMARTS) is 1. The molecular weight excluding hydrogens is 435 g/mol. The highest BCUT2D eigenvalue weighted by atomic mass is 19.1. The molecule has 0 radical (unpaired) electrons. The molecule has 0 saturated carbocycles. The largest absolute Gasteiger partial charge is 0.481 e. The molecule has 3 rings (SSSR count). The molecule has 1 fully saturated rings. The number of nitrogens with one attached hydrogen (secondary N) is 1. The Morgan fingerprint density at radius 2 is 2.00 bits per heavy atom. The molecule has 4 N–H and O–H groups in total. The van der Waals surface area contributed by atoms with Gasteiger partial charge < -0.3 is 25.3 Å². The van der Waals surface area contributed by atoms with Gasteiger partial charge in [-0.3, -0.25) is 15.0 Å². The highest BCUT2D eigenvalue weighted by Gasteiger charge is 2.25. The predicted octanol–water partition coefficient (Wildman–Crippen LogP) is 1.71. The molecule has 0 atom stereocenters. The fourth-order valence-corrected chi connectivity index (χ4v) is 2.92. The molecule has 0 amide bonds. The number of nitrogens with two attached hydrogens (primary N) is 1. The van der Waals surface area contributed by atoms with Crippen LogP contribution in [0.25, 0.3) is 11.1 Å². The van der Waals surface area contributed by atoms with Gasteiger partial charge in [-0.05, 0) is 6.42 Å². The van der Waals surface area contributed by atoms with Crippen molar-refractivity contribution in [2.45, 2.75) is 25.9 Å². The second kappa shape index (κ2) is 11.0. The summed E-state index contributed by atoms with van der Waals surface area (Å²) in [6.45, 7) is 0.919. The van der Waals surface area contributed by atoms with Crippen molar-refractivity contribution in [1.82, 2.24) is 9.97 Å². The van der Waals surface area contributed by atoms with Crippen molar-refractivity contribution in [3.8, 4) is 11.1 Å². The molecule has 0 spiro atoms. The molecule has 12 heteroatoms. The van der Waals surface area contributed by atoms with E-state index < -0.39 is 17.8 Å². The number of aliphatic carboxylic acids is 1. The van der Waals surface area contributed by atoms with Gasteiger partial charge in [0.15, 0.2) is 0 Å². The van der Waals surface area contributed by atoms with Gasteiger partial charge in [0, 0.05) is 35.5 Å². The molecule has 1 saturated heterocycles. The van der Waals surface area contributed by atoms with Crippen LogP contribution in [-0.2, 0) is 25.8 Å². The number of rotatable bonds is 11. The molecule has 0 unspecified atom stereocenters. The van der Waals surface area contributed by atoms with Gasteiger partial charge in [-0.15, -0.1) is 0 Å². The van der Waals surface area contributed by atoms with Crippen LogP contribution in [0.5, 0.6) is 0 Å². The zero-order valence-electron chi connectivity index (χ0n) is 17.7. The van der Waals surface area contributed by atoms with Crippen molar-refractivity contribution < 1.29 is 28.7 Å². The van der Waals surface area contributed by atoms with Gasteiger partial charge in [-0.25, -0.2) is 14.4 Å². The lowest BCUT2D eigenvalue weighted by Crippen LogP contribution is -2.48. The third-order valence-corrected chi connectivity index (χ3v) is 4.60. The quantitative estimate of drug-likeness (QED) is 0.149. The van der Waals surface area contributed by atoms with Crippen LogP contribution in [0.2, 0.25) is 0 Å². The molecule has 0 bridgehead atoms. The summed E-state index contributed by atoms with van der Waals surface area (Å²) < 4.78 is 19.9. The SMILES string of the molecule is N=C(N)CC(=O)OCc1cccc(-c2cnc(N3CC(=NOCCCC(=O)O)C3)nc2)c1F. The number of carbonyl (C=O) groups excluding carboxylic acids is 1. The lowest BCUT2D eigenvalue weighted by molar-refractivity contribution is -0.143. The van der Waals surface area contributed by atoms with Gasteiger partial charge in [0.25, 0.3) is 0 Å². The molecular formula is C21H23FN6O5. The van der Waals surface area contributed by atoms with E-state index in [-0.39, 0.29) is 43.0 Å². The van der Waals surface area contributed by atoms with Crippen molar-refractivity contribution >= 4 is 29.4 Å². The van der Waals surface area contributed by atoms with Crippen molar-refractivity contribution in [2.24, 2.45) is 10.9 Å². The smallest absolute Gasteiger partial charge is 0.313 e. The van der Waals surface area contributed by atoms with E-state index in [1.165, 1.54) is 18.5 Å². The number of esters is 1. The molecule has 1 aliphatic rings. The Kier molecular flexibility index (Phi) is 7.84. The third kappa shape index (κ3) is 6.69. The first-order valence-electron chi connectivity index (χ1n) is 10.1. The van der Waals surface area contributed by atoms with Crippen LogP contribution in [0, 0.1) is 11.2 Å². The van der Waals surface area contributed by atoms with Gasteiger partial charge in [0.1, 0.15) is 31.3 Å². The summed E-state index contributed by atoms with van der Waals surface area (Å²) in [6.07, 6.45) is 3.08. The number of oxime groups is 1. The number of ether oxygens (including phenoxy) is 1. The van der Waals surface area contributed by atoms with E-state index in [1.807, 2.05) is 4.90 Å². The number of nitrogens with zero attached hydrogens (tertiary/aromatic N) is 4. The van der Waals surface area contributed by atoms with E-state index >= 15 is 0 Å². The molecule has 1 aromatic carbocycles. The van der Waals surface area contributed by atoms with E-state index in [2.05, 4.69) is 15.1 Å². The molecule has 11 nitrogen and oxygen atoms in total. The Balaban J connectivity index is 1.55. The molecule has 2 aromatic rings. The van der Waals surface area contributed by atoms with Crippen molar-refractivity contribution in [2.75, 3.05) is 24.6 Å². The number of amidine groups is 1. The highest BCUT2D eigenvalue weighted by Crippen LogP contribution is 2.26. The highest BCUT2D eigenvalue weighted by molar-refractivity contribution is 5.98. The molecule has 1 aromatic heterocycles. The van der Waals surface area contributed by atoms with Crippen LogP contribution in [0.15, 0.2) is 35.7 Å². The summed E-state index contributed by atoms with van der Waals surface area (Å²) in [5.41, 5.74) is 6.85. The number of carboxylic acids is 1. The normalized spacial score (nSPS) is 12.6. The van der Waals surface area contributed by atoms with Crippen LogP contribution in [-0.4, -0.2) is 58.3 Å². The van der Waals surface area contributed by atoms with E-state index in [0.717, 1.165) is 5.71 Å². The minimum absolute atomic E-state index is 0.0334. The topological polar surface area (TPSA) is 164 Å². The standard InChI is InChI=1S/C21H23FN6O5/c22-20-13(12-32-19(31)7-17(23)24)3-1-4-16(20)14-8-25-21(26-9-14)28-10-15(11-28)27-33-6-2-5-18(29)30/h1,3-4,8-9H,2,5-7,10-12H2,(H3,23,24)(H,29,30). The average molecular weight is 458 g/mol. The number of hydrogen-bond acceptors (Lipinski definition) is 9. The fraction of sp³-hybridized carbons (Fsp3) is 0.333. The summed E-state index contributed by atoms with van der Waals surface area (Å²) >= 11 is 0. The van der Waals surface area contributed by atoms with Gasteiger partial charge in [-0.1, -0.05) is 23.4 Å². The van der Waals surface area contributed by atoms with Gasteiger partial charge in [0.05, 0.1) is 18.8 Å². The van der Waals surface area contributed by atoms with Crippen LogP contribution < -0.4 is 10.6 Å². The first-order chi connectivity index (χ1) is 15.8. The monoisotopic (exact) mass is 458 g/mol. The van der Waals surface area contributed by atoms with Crippen LogP contribution in [0.4, 0.5) is 10.3 Å². The Bertz CT molecular complexity index is 1050. The zero-order valence-corrected chi connectivity index (χ0v) is 17.7. The summed E-state index contributed by atoms with van der Waals surface area (Å²) in [7, 11) is 0. The molecule has 2 heterocycles.